The zero-order valence-corrected chi connectivity index (χ0v) is 17.4. The first-order chi connectivity index (χ1) is 14.4. The van der Waals surface area contributed by atoms with Gasteiger partial charge in [0, 0.05) is 36.1 Å². The van der Waals surface area contributed by atoms with Crippen LogP contribution in [0.5, 0.6) is 0 Å². The highest BCUT2D eigenvalue weighted by atomic mass is 16.1. The lowest BCUT2D eigenvalue weighted by molar-refractivity contribution is -0.111. The molecule has 0 aliphatic heterocycles. The Labute approximate surface area is 174 Å². The fourth-order valence-corrected chi connectivity index (χ4v) is 3.32. The van der Waals surface area contributed by atoms with Crippen molar-refractivity contribution in [3.63, 3.8) is 0 Å². The van der Waals surface area contributed by atoms with Crippen LogP contribution in [0.2, 0.25) is 0 Å². The molecule has 0 unspecified atom stereocenters. The summed E-state index contributed by atoms with van der Waals surface area (Å²) >= 11 is 0. The molecule has 8 nitrogen and oxygen atoms in total. The van der Waals surface area contributed by atoms with Crippen LogP contribution in [0.25, 0.3) is 16.7 Å². The van der Waals surface area contributed by atoms with Crippen molar-refractivity contribution < 1.29 is 4.79 Å². The monoisotopic (exact) mass is 401 g/mol. The van der Waals surface area contributed by atoms with Crippen LogP contribution in [0.15, 0.2) is 49.4 Å². The Morgan fingerprint density at radius 3 is 2.67 bits per heavy atom. The molecule has 0 aliphatic carbocycles. The number of hydrogen-bond donors (Lipinski definition) is 2. The Hall–Kier alpha value is -3.94. The van der Waals surface area contributed by atoms with E-state index in [0.29, 0.717) is 5.95 Å². The number of benzene rings is 1. The van der Waals surface area contributed by atoms with Crippen LogP contribution in [0, 0.1) is 20.8 Å². The average Bonchev–Trinajstić information content (AvgIpc) is 3.23. The van der Waals surface area contributed by atoms with E-state index in [1.807, 2.05) is 56.8 Å². The Kier molecular flexibility index (Phi) is 4.83. The van der Waals surface area contributed by atoms with Crippen LogP contribution < -0.4 is 10.6 Å². The van der Waals surface area contributed by atoms with Gasteiger partial charge in [0.1, 0.15) is 5.82 Å². The number of amides is 1. The highest BCUT2D eigenvalue weighted by Gasteiger charge is 2.14. The molecule has 0 fully saturated rings. The van der Waals surface area contributed by atoms with Crippen molar-refractivity contribution in [2.24, 2.45) is 7.05 Å². The number of carbonyl (C=O) groups excluding carboxylic acids is 1. The van der Waals surface area contributed by atoms with E-state index in [2.05, 4.69) is 27.3 Å². The van der Waals surface area contributed by atoms with Gasteiger partial charge in [-0.15, -0.1) is 0 Å². The zero-order valence-electron chi connectivity index (χ0n) is 17.4. The van der Waals surface area contributed by atoms with E-state index in [0.717, 1.165) is 44.9 Å². The summed E-state index contributed by atoms with van der Waals surface area (Å²) in [5, 5.41) is 11.3. The quantitative estimate of drug-likeness (QED) is 0.494. The van der Waals surface area contributed by atoms with Gasteiger partial charge >= 0.3 is 0 Å². The first-order valence-electron chi connectivity index (χ1n) is 9.52. The molecule has 4 aromatic rings. The lowest BCUT2D eigenvalue weighted by Crippen LogP contribution is -2.07. The van der Waals surface area contributed by atoms with Crippen molar-refractivity contribution in [2.75, 3.05) is 10.6 Å². The van der Waals surface area contributed by atoms with E-state index in [1.54, 1.807) is 17.1 Å². The summed E-state index contributed by atoms with van der Waals surface area (Å²) in [5.74, 6) is 1.05. The minimum absolute atomic E-state index is 0.237. The molecule has 8 heteroatoms. The van der Waals surface area contributed by atoms with Crippen molar-refractivity contribution in [2.45, 2.75) is 20.8 Å². The maximum absolute atomic E-state index is 11.6. The van der Waals surface area contributed by atoms with Gasteiger partial charge in [-0.2, -0.15) is 10.1 Å². The first-order valence-corrected chi connectivity index (χ1v) is 9.52. The van der Waals surface area contributed by atoms with Gasteiger partial charge in [0.2, 0.25) is 11.9 Å². The van der Waals surface area contributed by atoms with Crippen LogP contribution in [0.1, 0.15) is 16.8 Å². The molecule has 0 spiro atoms. The topological polar surface area (TPSA) is 89.7 Å². The van der Waals surface area contributed by atoms with E-state index in [1.165, 1.54) is 6.08 Å². The summed E-state index contributed by atoms with van der Waals surface area (Å²) in [6, 6.07) is 5.80. The van der Waals surface area contributed by atoms with Crippen molar-refractivity contribution in [3.05, 3.63) is 66.3 Å². The molecule has 0 radical (unpaired) electrons. The lowest BCUT2D eigenvalue weighted by atomic mass is 10.1. The third-order valence-corrected chi connectivity index (χ3v) is 5.11. The molecular weight excluding hydrogens is 378 g/mol. The smallest absolute Gasteiger partial charge is 0.247 e. The molecular formula is C22H23N7O. The van der Waals surface area contributed by atoms with Gasteiger partial charge in [0.25, 0.3) is 0 Å². The highest BCUT2D eigenvalue weighted by Crippen LogP contribution is 2.28. The van der Waals surface area contributed by atoms with Gasteiger partial charge < -0.3 is 15.2 Å². The number of rotatable bonds is 5. The summed E-state index contributed by atoms with van der Waals surface area (Å²) in [6.07, 6.45) is 6.85. The predicted molar refractivity (Wildman–Crippen MR) is 118 cm³/mol. The number of aryl methyl sites for hydroxylation is 3. The van der Waals surface area contributed by atoms with Crippen LogP contribution in [0.3, 0.4) is 0 Å². The second kappa shape index (κ2) is 7.47. The molecule has 0 aliphatic rings. The summed E-state index contributed by atoms with van der Waals surface area (Å²) < 4.78 is 3.84. The Bertz CT molecular complexity index is 1280. The van der Waals surface area contributed by atoms with Gasteiger partial charge in [-0.1, -0.05) is 6.58 Å². The molecule has 4 rings (SSSR count). The fraction of sp³-hybridized carbons (Fsp3) is 0.182. The van der Waals surface area contributed by atoms with E-state index in [9.17, 15) is 4.79 Å². The van der Waals surface area contributed by atoms with Gasteiger partial charge in [-0.25, -0.2) is 4.98 Å². The molecule has 0 saturated heterocycles. The summed E-state index contributed by atoms with van der Waals surface area (Å²) in [5.41, 5.74) is 5.61. The lowest BCUT2D eigenvalue weighted by Gasteiger charge is -2.11. The molecule has 0 atom stereocenters. The molecule has 2 N–H and O–H groups in total. The zero-order chi connectivity index (χ0) is 21.4. The van der Waals surface area contributed by atoms with Gasteiger partial charge in [0.05, 0.1) is 23.1 Å². The van der Waals surface area contributed by atoms with Gasteiger partial charge in [-0.05, 0) is 50.6 Å². The maximum Gasteiger partial charge on any atom is 0.247 e. The standard InChI is InChI=1S/C22H23N7O/c1-6-20(30)25-16-7-8-19-17(9-16)14(3)12-29(19)21-13(2)10-23-22(27-21)26-18-11-24-28(5)15(18)4/h6-12H,1H2,2-5H3,(H,25,30)(H,23,26,27). The Morgan fingerprint density at radius 1 is 1.17 bits per heavy atom. The van der Waals surface area contributed by atoms with E-state index < -0.39 is 0 Å². The van der Waals surface area contributed by atoms with Gasteiger partial charge in [-0.3, -0.25) is 9.48 Å². The second-order valence-electron chi connectivity index (χ2n) is 7.20. The molecule has 152 valence electrons. The number of nitrogens with zero attached hydrogens (tertiary/aromatic N) is 5. The second-order valence-corrected chi connectivity index (χ2v) is 7.20. The van der Waals surface area contributed by atoms with E-state index in [4.69, 9.17) is 4.98 Å². The Morgan fingerprint density at radius 2 is 1.97 bits per heavy atom. The van der Waals surface area contributed by atoms with E-state index >= 15 is 0 Å². The molecule has 30 heavy (non-hydrogen) atoms. The van der Waals surface area contributed by atoms with Gasteiger partial charge in [0.15, 0.2) is 0 Å². The number of anilines is 3. The summed E-state index contributed by atoms with van der Waals surface area (Å²) in [6.45, 7) is 9.49. The van der Waals surface area contributed by atoms with Crippen molar-refractivity contribution in [3.8, 4) is 5.82 Å². The number of aromatic nitrogens is 5. The highest BCUT2D eigenvalue weighted by molar-refractivity contribution is 6.00. The largest absolute Gasteiger partial charge is 0.323 e. The Balaban J connectivity index is 1.75. The molecule has 1 aromatic carbocycles. The number of hydrogen-bond acceptors (Lipinski definition) is 5. The summed E-state index contributed by atoms with van der Waals surface area (Å²) in [7, 11) is 1.89. The molecule has 3 heterocycles. The average molecular weight is 401 g/mol. The van der Waals surface area contributed by atoms with Crippen LogP contribution >= 0.6 is 0 Å². The van der Waals surface area contributed by atoms with Crippen LogP contribution in [-0.4, -0.2) is 30.2 Å². The van der Waals surface area contributed by atoms with Crippen LogP contribution in [0.4, 0.5) is 17.3 Å². The minimum Gasteiger partial charge on any atom is -0.323 e. The SMILES string of the molecule is C=CC(=O)Nc1ccc2c(c1)c(C)cn2-c1nc(Nc2cnn(C)c2C)ncc1C. The van der Waals surface area contributed by atoms with Crippen molar-refractivity contribution in [1.29, 1.82) is 0 Å². The maximum atomic E-state index is 11.6. The van der Waals surface area contributed by atoms with E-state index in [-0.39, 0.29) is 5.91 Å². The normalized spacial score (nSPS) is 10.9. The number of nitrogens with one attached hydrogen (secondary N) is 2. The molecule has 0 saturated carbocycles. The molecule has 3 aromatic heterocycles. The van der Waals surface area contributed by atoms with Crippen molar-refractivity contribution in [1.82, 2.24) is 24.3 Å². The number of fused-ring (bicyclic) bond motifs is 1. The molecule has 1 amide bonds. The van der Waals surface area contributed by atoms with Crippen molar-refractivity contribution >= 4 is 34.1 Å². The predicted octanol–water partition coefficient (Wildman–Crippen LogP) is 3.95. The summed E-state index contributed by atoms with van der Waals surface area (Å²) in [4.78, 5) is 20.8. The minimum atomic E-state index is -0.237. The first kappa shape index (κ1) is 19.4. The third-order valence-electron chi connectivity index (χ3n) is 5.11. The third kappa shape index (κ3) is 3.43. The van der Waals surface area contributed by atoms with Crippen LogP contribution in [-0.2, 0) is 11.8 Å². The number of carbonyl (C=O) groups is 1. The fourth-order valence-electron chi connectivity index (χ4n) is 3.32. The molecule has 0 bridgehead atoms.